The van der Waals surface area contributed by atoms with Crippen molar-refractivity contribution in [3.8, 4) is 11.1 Å². The van der Waals surface area contributed by atoms with Gasteiger partial charge in [-0.05, 0) is 44.1 Å². The zero-order valence-electron chi connectivity index (χ0n) is 21.4. The zero-order chi connectivity index (χ0) is 27.0. The predicted molar refractivity (Wildman–Crippen MR) is 148 cm³/mol. The minimum Gasteiger partial charge on any atom is -0.477 e. The number of carboxylic acid groups (broad SMARTS) is 1. The van der Waals surface area contributed by atoms with Crippen LogP contribution in [0.5, 0.6) is 0 Å². The fraction of sp³-hybridized carbons (Fsp3) is 0.286. The molecule has 2 aliphatic rings. The number of rotatable bonds is 4. The van der Waals surface area contributed by atoms with Crippen LogP contribution >= 0.6 is 0 Å². The second-order valence-corrected chi connectivity index (χ2v) is 10.5. The molecule has 2 atom stereocenters. The average Bonchev–Trinajstić information content (AvgIpc) is 3.61. The van der Waals surface area contributed by atoms with Crippen molar-refractivity contribution in [2.45, 2.75) is 12.5 Å². The number of benzene rings is 1. The molecule has 4 N–H and O–H groups in total. The third kappa shape index (κ3) is 3.49. The van der Waals surface area contributed by atoms with E-state index in [1.165, 1.54) is 12.1 Å². The van der Waals surface area contributed by atoms with Gasteiger partial charge in [-0.2, -0.15) is 0 Å². The van der Waals surface area contributed by atoms with Gasteiger partial charge in [-0.25, -0.2) is 19.2 Å². The molecule has 0 saturated carbocycles. The second kappa shape index (κ2) is 8.50. The molecule has 0 spiro atoms. The SMILES string of the molecule is CNc1cc(F)cc2c1[nH]c1ncc(-c3cnc4[nH]cc(C(=O)O)c(=O)c4c3)c(N3CC4CCN(C)C4C3)c12. The monoisotopic (exact) mass is 527 g/mol. The maximum Gasteiger partial charge on any atom is 0.341 e. The summed E-state index contributed by atoms with van der Waals surface area (Å²) in [5.41, 5.74) is 3.65. The van der Waals surface area contributed by atoms with E-state index in [9.17, 15) is 19.1 Å². The van der Waals surface area contributed by atoms with Crippen molar-refractivity contribution in [2.75, 3.05) is 43.9 Å². The van der Waals surface area contributed by atoms with Crippen molar-refractivity contribution in [3.63, 3.8) is 0 Å². The van der Waals surface area contributed by atoms with Gasteiger partial charge in [0.05, 0.1) is 27.7 Å². The highest BCUT2D eigenvalue weighted by Crippen LogP contribution is 2.45. The molecule has 2 fully saturated rings. The smallest absolute Gasteiger partial charge is 0.341 e. The number of hydrogen-bond donors (Lipinski definition) is 4. The summed E-state index contributed by atoms with van der Waals surface area (Å²) in [7, 11) is 3.90. The van der Waals surface area contributed by atoms with E-state index in [0.29, 0.717) is 39.9 Å². The summed E-state index contributed by atoms with van der Waals surface area (Å²) in [5.74, 6) is -1.15. The fourth-order valence-electron chi connectivity index (χ4n) is 6.41. The number of likely N-dealkylation sites (tertiary alicyclic amines) is 1. The van der Waals surface area contributed by atoms with Crippen LogP contribution in [-0.2, 0) is 0 Å². The van der Waals surface area contributed by atoms with E-state index in [-0.39, 0.29) is 16.8 Å². The normalized spacial score (nSPS) is 19.4. The highest BCUT2D eigenvalue weighted by molar-refractivity contribution is 6.18. The Morgan fingerprint density at radius 1 is 1.15 bits per heavy atom. The lowest BCUT2D eigenvalue weighted by molar-refractivity contribution is 0.0695. The molecule has 0 aliphatic carbocycles. The maximum absolute atomic E-state index is 14.8. The van der Waals surface area contributed by atoms with Gasteiger partial charge in [0.25, 0.3) is 0 Å². The average molecular weight is 528 g/mol. The van der Waals surface area contributed by atoms with Gasteiger partial charge >= 0.3 is 5.97 Å². The summed E-state index contributed by atoms with van der Waals surface area (Å²) in [4.78, 5) is 44.7. The Labute approximate surface area is 221 Å². The number of hydrogen-bond acceptors (Lipinski definition) is 7. The standard InChI is InChI=1S/C28H26FN7O3/c1-30-20-7-15(29)6-16-22-24(36-11-13-3-4-35(2)21(13)12-36)18(9-33-27(22)34-23(16)20)14-5-17-25(37)19(28(38)39)10-32-26(17)31-8-14/h5-10,13,21,30H,3-4,11-12H2,1-2H3,(H,33,34)(H,38,39)(H,31,32,37). The fourth-order valence-corrected chi connectivity index (χ4v) is 6.41. The Bertz CT molecular complexity index is 1880. The summed E-state index contributed by atoms with van der Waals surface area (Å²) >= 11 is 0. The number of fused-ring (bicyclic) bond motifs is 5. The predicted octanol–water partition coefficient (Wildman–Crippen LogP) is 3.64. The van der Waals surface area contributed by atoms with E-state index >= 15 is 0 Å². The molecule has 39 heavy (non-hydrogen) atoms. The van der Waals surface area contributed by atoms with Crippen LogP contribution in [0.15, 0.2) is 41.6 Å². The Morgan fingerprint density at radius 2 is 1.97 bits per heavy atom. The number of aromatic carboxylic acids is 1. The Balaban J connectivity index is 1.52. The molecular weight excluding hydrogens is 501 g/mol. The molecule has 4 aromatic heterocycles. The molecule has 2 unspecified atom stereocenters. The first kappa shape index (κ1) is 23.6. The molecule has 5 aromatic rings. The highest BCUT2D eigenvalue weighted by Gasteiger charge is 2.41. The summed E-state index contributed by atoms with van der Waals surface area (Å²) in [6.45, 7) is 2.71. The Kier molecular flexibility index (Phi) is 5.14. The number of pyridine rings is 3. The van der Waals surface area contributed by atoms with E-state index < -0.39 is 11.4 Å². The minimum atomic E-state index is -1.30. The van der Waals surface area contributed by atoms with E-state index in [1.807, 2.05) is 0 Å². The van der Waals surface area contributed by atoms with Gasteiger partial charge in [0.1, 0.15) is 22.7 Å². The van der Waals surface area contributed by atoms with E-state index in [1.54, 1.807) is 25.5 Å². The quantitative estimate of drug-likeness (QED) is 0.279. The molecule has 11 heteroatoms. The third-order valence-electron chi connectivity index (χ3n) is 8.35. The first-order valence-corrected chi connectivity index (χ1v) is 12.9. The number of anilines is 2. The van der Waals surface area contributed by atoms with Crippen LogP contribution in [0.25, 0.3) is 44.1 Å². The van der Waals surface area contributed by atoms with Crippen LogP contribution in [0, 0.1) is 11.7 Å². The van der Waals surface area contributed by atoms with Gasteiger partial charge in [-0.15, -0.1) is 0 Å². The lowest BCUT2D eigenvalue weighted by atomic mass is 10.0. The lowest BCUT2D eigenvalue weighted by Crippen LogP contribution is -2.32. The number of likely N-dealkylation sites (N-methyl/N-ethyl adjacent to an activating group) is 1. The van der Waals surface area contributed by atoms with Gasteiger partial charge in [-0.1, -0.05) is 0 Å². The number of aromatic nitrogens is 4. The molecule has 0 radical (unpaired) electrons. The van der Waals surface area contributed by atoms with Crippen molar-refractivity contribution in [3.05, 3.63) is 58.4 Å². The maximum atomic E-state index is 14.8. The second-order valence-electron chi connectivity index (χ2n) is 10.5. The van der Waals surface area contributed by atoms with Gasteiger partial charge < -0.3 is 30.2 Å². The van der Waals surface area contributed by atoms with Crippen LogP contribution in [0.2, 0.25) is 0 Å². The molecule has 6 heterocycles. The van der Waals surface area contributed by atoms with Crippen LogP contribution in [0.1, 0.15) is 16.8 Å². The van der Waals surface area contributed by atoms with Crippen molar-refractivity contribution in [1.82, 2.24) is 24.8 Å². The molecule has 10 nitrogen and oxygen atoms in total. The number of halogens is 1. The largest absolute Gasteiger partial charge is 0.477 e. The topological polar surface area (TPSA) is 130 Å². The number of aromatic amines is 2. The molecular formula is C28H26FN7O3. The highest BCUT2D eigenvalue weighted by atomic mass is 19.1. The Hall–Kier alpha value is -4.51. The van der Waals surface area contributed by atoms with Crippen molar-refractivity contribution >= 4 is 50.3 Å². The van der Waals surface area contributed by atoms with Crippen LogP contribution in [0.3, 0.4) is 0 Å². The molecule has 1 aromatic carbocycles. The molecule has 198 valence electrons. The molecule has 7 rings (SSSR count). The number of carbonyl (C=O) groups is 1. The zero-order valence-corrected chi connectivity index (χ0v) is 21.4. The summed E-state index contributed by atoms with van der Waals surface area (Å²) in [6.07, 6.45) is 5.68. The molecule has 0 bridgehead atoms. The summed E-state index contributed by atoms with van der Waals surface area (Å²) in [5, 5.41) is 14.2. The van der Waals surface area contributed by atoms with E-state index in [4.69, 9.17) is 4.98 Å². The van der Waals surface area contributed by atoms with Crippen molar-refractivity contribution < 1.29 is 14.3 Å². The van der Waals surface area contributed by atoms with Crippen molar-refractivity contribution in [2.24, 2.45) is 5.92 Å². The lowest BCUT2D eigenvalue weighted by Gasteiger charge is -2.25. The molecule has 0 amide bonds. The van der Waals surface area contributed by atoms with E-state index in [2.05, 4.69) is 37.1 Å². The molecule has 2 aliphatic heterocycles. The number of carboxylic acids is 1. The van der Waals surface area contributed by atoms with E-state index in [0.717, 1.165) is 54.4 Å². The molecule has 2 saturated heterocycles. The van der Waals surface area contributed by atoms with Gasteiger partial charge in [0, 0.05) is 61.3 Å². The number of nitrogens with one attached hydrogen (secondary N) is 3. The van der Waals surface area contributed by atoms with Crippen molar-refractivity contribution in [1.29, 1.82) is 0 Å². The first-order valence-electron chi connectivity index (χ1n) is 12.9. The number of nitrogens with zero attached hydrogens (tertiary/aromatic N) is 4. The summed E-state index contributed by atoms with van der Waals surface area (Å²) in [6, 6.07) is 5.05. The Morgan fingerprint density at radius 3 is 2.74 bits per heavy atom. The van der Waals surface area contributed by atoms with Gasteiger partial charge in [-0.3, -0.25) is 4.79 Å². The number of H-pyrrole nitrogens is 2. The first-order chi connectivity index (χ1) is 18.8. The van der Waals surface area contributed by atoms with Crippen LogP contribution in [0.4, 0.5) is 15.8 Å². The van der Waals surface area contributed by atoms with Crippen LogP contribution < -0.4 is 15.6 Å². The van der Waals surface area contributed by atoms with Gasteiger partial charge in [0.15, 0.2) is 0 Å². The van der Waals surface area contributed by atoms with Crippen LogP contribution in [-0.4, -0.2) is 75.7 Å². The van der Waals surface area contributed by atoms with Gasteiger partial charge in [0.2, 0.25) is 5.43 Å². The third-order valence-corrected chi connectivity index (χ3v) is 8.35. The summed E-state index contributed by atoms with van der Waals surface area (Å²) < 4.78 is 14.8. The minimum absolute atomic E-state index is 0.180.